The quantitative estimate of drug-likeness (QED) is 0.554. The Bertz CT molecular complexity index is 934. The van der Waals surface area contributed by atoms with Crippen LogP contribution >= 0.6 is 0 Å². The number of aromatic nitrogens is 2. The molecule has 1 aromatic carbocycles. The van der Waals surface area contributed by atoms with E-state index in [2.05, 4.69) is 10.4 Å². The topological polar surface area (TPSA) is 137 Å². The van der Waals surface area contributed by atoms with Crippen molar-refractivity contribution in [3.05, 3.63) is 46.8 Å². The van der Waals surface area contributed by atoms with Crippen molar-refractivity contribution in [2.45, 2.75) is 11.4 Å². The first-order chi connectivity index (χ1) is 12.9. The van der Waals surface area contributed by atoms with Gasteiger partial charge in [-0.3, -0.25) is 19.6 Å². The van der Waals surface area contributed by atoms with Gasteiger partial charge >= 0.3 is 5.69 Å². The van der Waals surface area contributed by atoms with Crippen LogP contribution in [0.2, 0.25) is 0 Å². The predicted molar refractivity (Wildman–Crippen MR) is 93.5 cm³/mol. The van der Waals surface area contributed by atoms with Gasteiger partial charge in [-0.15, -0.1) is 0 Å². The smallest absolute Gasteiger partial charge is 0.307 e. The van der Waals surface area contributed by atoms with Crippen LogP contribution in [0.3, 0.4) is 0 Å². The molecule has 1 saturated heterocycles. The number of nitro groups is 1. The van der Waals surface area contributed by atoms with Crippen molar-refractivity contribution in [2.75, 3.05) is 31.6 Å². The number of benzene rings is 1. The Morgan fingerprint density at radius 3 is 2.52 bits per heavy atom. The summed E-state index contributed by atoms with van der Waals surface area (Å²) in [6.07, 6.45) is 2.20. The molecule has 2 aromatic rings. The SMILES string of the molecule is O=C(Cn1cc([N+](=O)[O-])cn1)Nc1ccc(S(=O)(=O)N2CCOCC2)cc1. The molecule has 1 aliphatic rings. The number of nitrogens with one attached hydrogen (secondary N) is 1. The highest BCUT2D eigenvalue weighted by Crippen LogP contribution is 2.19. The lowest BCUT2D eigenvalue weighted by Crippen LogP contribution is -2.40. The van der Waals surface area contributed by atoms with Gasteiger partial charge in [0.15, 0.2) is 0 Å². The van der Waals surface area contributed by atoms with E-state index in [0.717, 1.165) is 17.1 Å². The number of ether oxygens (including phenoxy) is 1. The standard InChI is InChI=1S/C15H17N5O6S/c21-15(11-18-10-13(9-16-18)20(22)23)17-12-1-3-14(4-2-12)27(24,25)19-5-7-26-8-6-19/h1-4,9-10H,5-8,11H2,(H,17,21). The molecular formula is C15H17N5O6S. The number of rotatable bonds is 6. The average Bonchev–Trinajstić information content (AvgIpc) is 3.11. The Morgan fingerprint density at radius 1 is 1.26 bits per heavy atom. The highest BCUT2D eigenvalue weighted by Gasteiger charge is 2.26. The molecule has 2 heterocycles. The second-order valence-corrected chi connectivity index (χ2v) is 7.68. The van der Waals surface area contributed by atoms with E-state index >= 15 is 0 Å². The monoisotopic (exact) mass is 395 g/mol. The average molecular weight is 395 g/mol. The number of hydrogen-bond acceptors (Lipinski definition) is 7. The van der Waals surface area contributed by atoms with Gasteiger partial charge in [-0.25, -0.2) is 8.42 Å². The lowest BCUT2D eigenvalue weighted by atomic mass is 10.3. The normalized spacial score (nSPS) is 15.4. The van der Waals surface area contributed by atoms with E-state index in [1.807, 2.05) is 0 Å². The van der Waals surface area contributed by atoms with Crippen LogP contribution in [0, 0.1) is 10.1 Å². The summed E-state index contributed by atoms with van der Waals surface area (Å²) in [7, 11) is -3.60. The fourth-order valence-electron chi connectivity index (χ4n) is 2.53. The third-order valence-corrected chi connectivity index (χ3v) is 5.79. The fraction of sp³-hybridized carbons (Fsp3) is 0.333. The maximum Gasteiger partial charge on any atom is 0.307 e. The maximum atomic E-state index is 12.5. The van der Waals surface area contributed by atoms with Gasteiger partial charge in [0.25, 0.3) is 0 Å². The van der Waals surface area contributed by atoms with Gasteiger partial charge in [-0.2, -0.15) is 9.40 Å². The summed E-state index contributed by atoms with van der Waals surface area (Å²) < 4.78 is 32.7. The minimum atomic E-state index is -3.60. The first kappa shape index (κ1) is 18.9. The molecule has 0 bridgehead atoms. The third kappa shape index (κ3) is 4.48. The summed E-state index contributed by atoms with van der Waals surface area (Å²) in [4.78, 5) is 22.1. The number of anilines is 1. The zero-order chi connectivity index (χ0) is 19.4. The molecule has 0 atom stereocenters. The maximum absolute atomic E-state index is 12.5. The summed E-state index contributed by atoms with van der Waals surface area (Å²) in [6, 6.07) is 5.80. The molecule has 0 unspecified atom stereocenters. The number of amides is 1. The third-order valence-electron chi connectivity index (χ3n) is 3.88. The zero-order valence-electron chi connectivity index (χ0n) is 14.1. The van der Waals surface area contributed by atoms with Crippen LogP contribution < -0.4 is 5.32 Å². The summed E-state index contributed by atoms with van der Waals surface area (Å²) in [5.41, 5.74) is 0.197. The Morgan fingerprint density at radius 2 is 1.93 bits per heavy atom. The molecule has 144 valence electrons. The fourth-order valence-corrected chi connectivity index (χ4v) is 3.94. The van der Waals surface area contributed by atoms with Gasteiger partial charge in [0.05, 0.1) is 23.0 Å². The van der Waals surface area contributed by atoms with Crippen molar-refractivity contribution in [1.82, 2.24) is 14.1 Å². The van der Waals surface area contributed by atoms with E-state index < -0.39 is 20.9 Å². The Labute approximate surface area is 154 Å². The lowest BCUT2D eigenvalue weighted by molar-refractivity contribution is -0.385. The highest BCUT2D eigenvalue weighted by atomic mass is 32.2. The molecule has 0 spiro atoms. The number of sulfonamides is 1. The van der Waals surface area contributed by atoms with Crippen molar-refractivity contribution in [1.29, 1.82) is 0 Å². The van der Waals surface area contributed by atoms with E-state index in [4.69, 9.17) is 4.74 Å². The molecule has 0 radical (unpaired) electrons. The number of carbonyl (C=O) groups excluding carboxylic acids is 1. The van der Waals surface area contributed by atoms with Gasteiger partial charge < -0.3 is 10.1 Å². The van der Waals surface area contributed by atoms with Crippen LogP contribution in [-0.4, -0.2) is 59.6 Å². The molecule has 11 nitrogen and oxygen atoms in total. The summed E-state index contributed by atoms with van der Waals surface area (Å²) in [5.74, 6) is -0.447. The molecular weight excluding hydrogens is 378 g/mol. The Balaban J connectivity index is 1.62. The van der Waals surface area contributed by atoms with Crippen LogP contribution in [0.25, 0.3) is 0 Å². The molecule has 27 heavy (non-hydrogen) atoms. The first-order valence-electron chi connectivity index (χ1n) is 8.01. The molecule has 0 aliphatic carbocycles. The van der Waals surface area contributed by atoms with E-state index in [0.29, 0.717) is 32.0 Å². The molecule has 12 heteroatoms. The van der Waals surface area contributed by atoms with Crippen LogP contribution in [0.5, 0.6) is 0 Å². The minimum absolute atomic E-state index is 0.130. The number of carbonyl (C=O) groups is 1. The summed E-state index contributed by atoms with van der Waals surface area (Å²) >= 11 is 0. The summed E-state index contributed by atoms with van der Waals surface area (Å²) in [5, 5.41) is 16.9. The molecule has 1 N–H and O–H groups in total. The van der Waals surface area contributed by atoms with Crippen molar-refractivity contribution in [3.8, 4) is 0 Å². The van der Waals surface area contributed by atoms with Crippen molar-refractivity contribution in [3.63, 3.8) is 0 Å². The van der Waals surface area contributed by atoms with Crippen LogP contribution in [0.1, 0.15) is 0 Å². The largest absolute Gasteiger partial charge is 0.379 e. The second-order valence-electron chi connectivity index (χ2n) is 5.74. The van der Waals surface area contributed by atoms with Crippen molar-refractivity contribution >= 4 is 27.3 Å². The highest BCUT2D eigenvalue weighted by molar-refractivity contribution is 7.89. The minimum Gasteiger partial charge on any atom is -0.379 e. The molecule has 3 rings (SSSR count). The Hall–Kier alpha value is -2.83. The lowest BCUT2D eigenvalue weighted by Gasteiger charge is -2.26. The molecule has 1 amide bonds. The molecule has 1 aliphatic heterocycles. The molecule has 1 aromatic heterocycles. The van der Waals surface area contributed by atoms with Gasteiger partial charge in [0.2, 0.25) is 15.9 Å². The van der Waals surface area contributed by atoms with Crippen LogP contribution in [0.15, 0.2) is 41.6 Å². The molecule has 0 saturated carbocycles. The van der Waals surface area contributed by atoms with Gasteiger partial charge in [-0.05, 0) is 24.3 Å². The van der Waals surface area contributed by atoms with Crippen molar-refractivity contribution in [2.24, 2.45) is 0 Å². The number of nitrogens with zero attached hydrogens (tertiary/aromatic N) is 4. The van der Waals surface area contributed by atoms with Gasteiger partial charge in [0.1, 0.15) is 18.9 Å². The second kappa shape index (κ2) is 7.82. The number of morpholine rings is 1. The van der Waals surface area contributed by atoms with Crippen LogP contribution in [-0.2, 0) is 26.1 Å². The van der Waals surface area contributed by atoms with Crippen LogP contribution in [0.4, 0.5) is 11.4 Å². The number of hydrogen-bond donors (Lipinski definition) is 1. The van der Waals surface area contributed by atoms with E-state index in [9.17, 15) is 23.3 Å². The van der Waals surface area contributed by atoms with E-state index in [1.165, 1.54) is 28.6 Å². The van der Waals surface area contributed by atoms with E-state index in [1.54, 1.807) is 0 Å². The predicted octanol–water partition coefficient (Wildman–Crippen LogP) is 0.451. The Kier molecular flexibility index (Phi) is 5.48. The van der Waals surface area contributed by atoms with Crippen molar-refractivity contribution < 1.29 is 22.9 Å². The van der Waals surface area contributed by atoms with Gasteiger partial charge in [-0.1, -0.05) is 0 Å². The van der Waals surface area contributed by atoms with E-state index in [-0.39, 0.29) is 17.1 Å². The zero-order valence-corrected chi connectivity index (χ0v) is 15.0. The first-order valence-corrected chi connectivity index (χ1v) is 9.45. The van der Waals surface area contributed by atoms with Gasteiger partial charge in [0, 0.05) is 18.8 Å². The molecule has 1 fully saturated rings. The summed E-state index contributed by atoms with van der Waals surface area (Å²) in [6.45, 7) is 1.12.